The maximum absolute atomic E-state index is 11.2. The molecule has 0 radical (unpaired) electrons. The van der Waals surface area contributed by atoms with Gasteiger partial charge in [-0.3, -0.25) is 9.36 Å². The highest BCUT2D eigenvalue weighted by Crippen LogP contribution is 2.30. The first kappa shape index (κ1) is 23.4. The van der Waals surface area contributed by atoms with E-state index in [2.05, 4.69) is 20.2 Å². The van der Waals surface area contributed by atoms with E-state index in [-0.39, 0.29) is 19.0 Å². The van der Waals surface area contributed by atoms with Gasteiger partial charge in [-0.15, -0.1) is 0 Å². The molecule has 35 heavy (non-hydrogen) atoms. The van der Waals surface area contributed by atoms with Crippen LogP contribution < -0.4 is 11.5 Å². The molecule has 4 heterocycles. The van der Waals surface area contributed by atoms with E-state index in [9.17, 15) is 9.90 Å². The minimum Gasteiger partial charge on any atom is -0.392 e. The molecule has 5 aromatic rings. The molecule has 0 aliphatic heterocycles. The van der Waals surface area contributed by atoms with Gasteiger partial charge in [0.1, 0.15) is 23.4 Å². The number of hydrogen-bond acceptors (Lipinski definition) is 9. The Bertz CT molecular complexity index is 1470. The Kier molecular flexibility index (Phi) is 6.73. The number of nitrogens with two attached hydrogens (primary N) is 2. The number of anilines is 1. The third kappa shape index (κ3) is 4.68. The first-order valence-electron chi connectivity index (χ1n) is 10.9. The summed E-state index contributed by atoms with van der Waals surface area (Å²) >= 11 is 0. The van der Waals surface area contributed by atoms with Gasteiger partial charge in [-0.05, 0) is 29.8 Å². The van der Waals surface area contributed by atoms with Crippen LogP contribution in [-0.4, -0.2) is 50.5 Å². The lowest BCUT2D eigenvalue weighted by Gasteiger charge is -2.10. The third-order valence-corrected chi connectivity index (χ3v) is 4.92. The normalized spacial score (nSPS) is 10.7. The minimum absolute atomic E-state index is 0.0711. The first-order chi connectivity index (χ1) is 17.0. The maximum atomic E-state index is 11.2. The highest BCUT2D eigenvalue weighted by atomic mass is 16.3. The molecule has 5 N–H and O–H groups in total. The second-order valence-electron chi connectivity index (χ2n) is 7.15. The van der Waals surface area contributed by atoms with Crippen molar-refractivity contribution in [2.24, 2.45) is 5.73 Å². The summed E-state index contributed by atoms with van der Waals surface area (Å²) in [6, 6.07) is 10.9. The van der Waals surface area contributed by atoms with E-state index in [1.54, 1.807) is 18.3 Å². The summed E-state index contributed by atoms with van der Waals surface area (Å²) in [6.07, 6.45) is 4.56. The van der Waals surface area contributed by atoms with Crippen molar-refractivity contribution in [3.05, 3.63) is 60.6 Å². The average molecular weight is 473 g/mol. The maximum Gasteiger partial charge on any atom is 0.241 e. The molecular formula is C23H24N10O2. The van der Waals surface area contributed by atoms with Crippen molar-refractivity contribution in [2.75, 3.05) is 5.73 Å². The van der Waals surface area contributed by atoms with Gasteiger partial charge in [-0.2, -0.15) is 15.0 Å². The van der Waals surface area contributed by atoms with Gasteiger partial charge in [0.2, 0.25) is 5.91 Å². The van der Waals surface area contributed by atoms with Gasteiger partial charge in [-0.25, -0.2) is 19.9 Å². The first-order valence-corrected chi connectivity index (χ1v) is 10.9. The van der Waals surface area contributed by atoms with Crippen LogP contribution in [0.15, 0.2) is 55.0 Å². The van der Waals surface area contributed by atoms with Crippen molar-refractivity contribution in [1.82, 2.24) is 39.5 Å². The quantitative estimate of drug-likeness (QED) is 0.332. The van der Waals surface area contributed by atoms with Gasteiger partial charge in [0, 0.05) is 18.1 Å². The fraction of sp³-hybridized carbons (Fsp3) is 0.174. The van der Waals surface area contributed by atoms with Gasteiger partial charge >= 0.3 is 0 Å². The lowest BCUT2D eigenvalue weighted by atomic mass is 10.2. The Morgan fingerprint density at radius 3 is 2.43 bits per heavy atom. The number of amides is 1. The zero-order chi connectivity index (χ0) is 24.9. The van der Waals surface area contributed by atoms with Crippen LogP contribution in [0.25, 0.3) is 39.8 Å². The zero-order valence-corrected chi connectivity index (χ0v) is 19.2. The van der Waals surface area contributed by atoms with Gasteiger partial charge in [0.05, 0.1) is 18.5 Å². The molecule has 12 heteroatoms. The van der Waals surface area contributed by atoms with E-state index >= 15 is 0 Å². The lowest BCUT2D eigenvalue weighted by molar-refractivity contribution is -0.118. The van der Waals surface area contributed by atoms with Gasteiger partial charge < -0.3 is 16.6 Å². The fourth-order valence-corrected chi connectivity index (χ4v) is 3.41. The molecule has 1 amide bonds. The molecule has 0 aliphatic rings. The standard InChI is InChI=1S/C21H18N10O2.C2H6/c22-17(33)10-30-26-9-16(29-30)14-5-6-15-20(27-14)31(13-3-1-12(11-32)2-4-13)21(28-15)18-19(23)25-8-7-24-18;1-2/h1-9,32H,10-11H2,(H2,22,33)(H2,23,25);1-2H3. The van der Waals surface area contributed by atoms with Crippen molar-refractivity contribution >= 4 is 22.9 Å². The molecule has 0 saturated heterocycles. The molecule has 0 bridgehead atoms. The Hall–Kier alpha value is -4.71. The van der Waals surface area contributed by atoms with Crippen LogP contribution in [0.4, 0.5) is 5.82 Å². The molecule has 12 nitrogen and oxygen atoms in total. The van der Waals surface area contributed by atoms with E-state index in [0.717, 1.165) is 11.3 Å². The number of rotatable bonds is 6. The number of carbonyl (C=O) groups is 1. The molecule has 0 spiro atoms. The van der Waals surface area contributed by atoms with Crippen molar-refractivity contribution in [2.45, 2.75) is 27.0 Å². The summed E-state index contributed by atoms with van der Waals surface area (Å²) in [6.45, 7) is 3.80. The summed E-state index contributed by atoms with van der Waals surface area (Å²) in [4.78, 5) is 30.3. The number of nitrogens with zero attached hydrogens (tertiary/aromatic N) is 8. The molecule has 5 rings (SSSR count). The minimum atomic E-state index is -0.545. The van der Waals surface area contributed by atoms with E-state index in [4.69, 9.17) is 21.4 Å². The highest BCUT2D eigenvalue weighted by molar-refractivity contribution is 5.83. The number of primary amides is 1. The van der Waals surface area contributed by atoms with Crippen molar-refractivity contribution in [3.8, 4) is 28.6 Å². The number of carbonyl (C=O) groups excluding carboxylic acids is 1. The molecule has 1 aromatic carbocycles. The Labute approximate surface area is 200 Å². The molecule has 0 aliphatic carbocycles. The van der Waals surface area contributed by atoms with Crippen molar-refractivity contribution < 1.29 is 9.90 Å². The molecule has 0 unspecified atom stereocenters. The summed E-state index contributed by atoms with van der Waals surface area (Å²) < 4.78 is 1.81. The number of imidazole rings is 1. The molecule has 0 saturated carbocycles. The predicted molar refractivity (Wildman–Crippen MR) is 130 cm³/mol. The van der Waals surface area contributed by atoms with Gasteiger partial charge in [0.25, 0.3) is 0 Å². The van der Waals surface area contributed by atoms with E-state index in [1.807, 2.05) is 42.7 Å². The second-order valence-corrected chi connectivity index (χ2v) is 7.15. The highest BCUT2D eigenvalue weighted by Gasteiger charge is 2.20. The van der Waals surface area contributed by atoms with E-state index < -0.39 is 5.91 Å². The van der Waals surface area contributed by atoms with E-state index in [1.165, 1.54) is 17.2 Å². The van der Waals surface area contributed by atoms with Crippen LogP contribution in [0.3, 0.4) is 0 Å². The van der Waals surface area contributed by atoms with Crippen molar-refractivity contribution in [1.29, 1.82) is 0 Å². The Balaban J connectivity index is 0.00000141. The van der Waals surface area contributed by atoms with Crippen LogP contribution in [-0.2, 0) is 17.9 Å². The van der Waals surface area contributed by atoms with Gasteiger partial charge in [0.15, 0.2) is 17.3 Å². The van der Waals surface area contributed by atoms with Crippen LogP contribution in [0.2, 0.25) is 0 Å². The number of aliphatic hydroxyl groups excluding tert-OH is 1. The SMILES string of the molecule is CC.NC(=O)Cn1ncc(-c2ccc3nc(-c4nccnc4N)n(-c4ccc(CO)cc4)c3n2)n1. The van der Waals surface area contributed by atoms with E-state index in [0.29, 0.717) is 34.1 Å². The number of aliphatic hydroxyl groups is 1. The van der Waals surface area contributed by atoms with Gasteiger partial charge in [-0.1, -0.05) is 26.0 Å². The van der Waals surface area contributed by atoms with Crippen molar-refractivity contribution in [3.63, 3.8) is 0 Å². The smallest absolute Gasteiger partial charge is 0.241 e. The summed E-state index contributed by atoms with van der Waals surface area (Å²) in [5.74, 6) is 0.154. The third-order valence-electron chi connectivity index (χ3n) is 4.92. The molecule has 0 fully saturated rings. The monoisotopic (exact) mass is 472 g/mol. The predicted octanol–water partition coefficient (Wildman–Crippen LogP) is 1.72. The number of fused-ring (bicyclic) bond motifs is 1. The lowest BCUT2D eigenvalue weighted by Crippen LogP contribution is -2.20. The second kappa shape index (κ2) is 10.1. The Morgan fingerprint density at radius 1 is 1.00 bits per heavy atom. The number of aromatic nitrogens is 8. The molecule has 0 atom stereocenters. The summed E-state index contributed by atoms with van der Waals surface area (Å²) in [5, 5.41) is 17.7. The molecule has 4 aromatic heterocycles. The summed E-state index contributed by atoms with van der Waals surface area (Å²) in [7, 11) is 0. The number of nitrogen functional groups attached to an aromatic ring is 1. The van der Waals surface area contributed by atoms with Crippen LogP contribution in [0.1, 0.15) is 19.4 Å². The molecular weight excluding hydrogens is 448 g/mol. The number of pyridine rings is 1. The zero-order valence-electron chi connectivity index (χ0n) is 19.2. The van der Waals surface area contributed by atoms with Crippen LogP contribution >= 0.6 is 0 Å². The summed E-state index contributed by atoms with van der Waals surface area (Å²) in [5.41, 5.74) is 15.4. The molecule has 178 valence electrons. The average Bonchev–Trinajstić information content (AvgIpc) is 3.49. The topological polar surface area (TPSA) is 177 Å². The Morgan fingerprint density at radius 2 is 1.74 bits per heavy atom. The fourth-order valence-electron chi connectivity index (χ4n) is 3.41. The number of hydrogen-bond donors (Lipinski definition) is 3. The van der Waals surface area contributed by atoms with Crippen LogP contribution in [0.5, 0.6) is 0 Å². The largest absolute Gasteiger partial charge is 0.392 e. The van der Waals surface area contributed by atoms with Crippen LogP contribution in [0, 0.1) is 0 Å². The number of benzene rings is 1.